The van der Waals surface area contributed by atoms with E-state index in [-0.39, 0.29) is 0 Å². The fourth-order valence-corrected chi connectivity index (χ4v) is 2.66. The van der Waals surface area contributed by atoms with Crippen molar-refractivity contribution in [2.45, 2.75) is 45.6 Å². The van der Waals surface area contributed by atoms with E-state index in [0.717, 1.165) is 23.0 Å². The summed E-state index contributed by atoms with van der Waals surface area (Å²) in [7, 11) is 0. The number of hydrogen-bond donors (Lipinski definition) is 1. The molecule has 0 radical (unpaired) electrons. The number of hydrogen-bond acceptors (Lipinski definition) is 4. The summed E-state index contributed by atoms with van der Waals surface area (Å²) in [5.74, 6) is 1.62. The van der Waals surface area contributed by atoms with Gasteiger partial charge in [0.2, 0.25) is 0 Å². The SMILES string of the molecule is Cc1cc(C)n(-c2ccc(NC3CCCC3)nn2)n1. The molecule has 2 aromatic heterocycles. The van der Waals surface area contributed by atoms with E-state index < -0.39 is 0 Å². The third-order valence-corrected chi connectivity index (χ3v) is 3.58. The Morgan fingerprint density at radius 3 is 2.53 bits per heavy atom. The summed E-state index contributed by atoms with van der Waals surface area (Å²) >= 11 is 0. The van der Waals surface area contributed by atoms with Crippen molar-refractivity contribution in [3.05, 3.63) is 29.6 Å². The Hall–Kier alpha value is -1.91. The lowest BCUT2D eigenvalue weighted by Crippen LogP contribution is -2.16. The van der Waals surface area contributed by atoms with Gasteiger partial charge in [0.05, 0.1) is 5.69 Å². The van der Waals surface area contributed by atoms with Crippen LogP contribution in [0.25, 0.3) is 5.82 Å². The van der Waals surface area contributed by atoms with E-state index in [2.05, 4.69) is 20.6 Å². The molecule has 100 valence electrons. The highest BCUT2D eigenvalue weighted by Gasteiger charge is 2.15. The van der Waals surface area contributed by atoms with Gasteiger partial charge in [-0.25, -0.2) is 4.68 Å². The highest BCUT2D eigenvalue weighted by molar-refractivity contribution is 5.38. The Morgan fingerprint density at radius 2 is 1.95 bits per heavy atom. The largest absolute Gasteiger partial charge is 0.366 e. The monoisotopic (exact) mass is 257 g/mol. The Labute approximate surface area is 113 Å². The van der Waals surface area contributed by atoms with Crippen molar-refractivity contribution in [3.63, 3.8) is 0 Å². The first kappa shape index (κ1) is 12.1. The number of rotatable bonds is 3. The average molecular weight is 257 g/mol. The van der Waals surface area contributed by atoms with Crippen LogP contribution in [0.1, 0.15) is 37.1 Å². The molecule has 0 bridgehead atoms. The predicted octanol–water partition coefficient (Wildman–Crippen LogP) is 2.63. The van der Waals surface area contributed by atoms with Crippen LogP contribution in [0.4, 0.5) is 5.82 Å². The molecule has 1 saturated carbocycles. The van der Waals surface area contributed by atoms with E-state index in [9.17, 15) is 0 Å². The molecule has 0 amide bonds. The highest BCUT2D eigenvalue weighted by Crippen LogP contribution is 2.21. The quantitative estimate of drug-likeness (QED) is 0.918. The van der Waals surface area contributed by atoms with Gasteiger partial charge in [-0.2, -0.15) is 5.10 Å². The first-order valence-electron chi connectivity index (χ1n) is 6.86. The highest BCUT2D eigenvalue weighted by atomic mass is 15.4. The topological polar surface area (TPSA) is 55.6 Å². The van der Waals surface area contributed by atoms with Crippen LogP contribution in [0, 0.1) is 13.8 Å². The summed E-state index contributed by atoms with van der Waals surface area (Å²) in [6.45, 7) is 4.00. The molecule has 0 atom stereocenters. The summed E-state index contributed by atoms with van der Waals surface area (Å²) in [5.41, 5.74) is 2.07. The molecule has 1 aliphatic carbocycles. The molecule has 2 aromatic rings. The first-order valence-corrected chi connectivity index (χ1v) is 6.86. The minimum atomic E-state index is 0.564. The van der Waals surface area contributed by atoms with Crippen LogP contribution in [-0.4, -0.2) is 26.0 Å². The zero-order valence-electron chi connectivity index (χ0n) is 11.4. The van der Waals surface area contributed by atoms with E-state index in [4.69, 9.17) is 0 Å². The number of nitrogens with one attached hydrogen (secondary N) is 1. The van der Waals surface area contributed by atoms with Gasteiger partial charge in [0.1, 0.15) is 5.82 Å². The lowest BCUT2D eigenvalue weighted by Gasteiger charge is -2.12. The van der Waals surface area contributed by atoms with Crippen LogP contribution in [-0.2, 0) is 0 Å². The van der Waals surface area contributed by atoms with Gasteiger partial charge in [0.15, 0.2) is 5.82 Å². The summed E-state index contributed by atoms with van der Waals surface area (Å²) in [6, 6.07) is 6.54. The molecule has 19 heavy (non-hydrogen) atoms. The summed E-state index contributed by atoms with van der Waals surface area (Å²) < 4.78 is 1.82. The number of anilines is 1. The van der Waals surface area contributed by atoms with E-state index in [1.54, 1.807) is 0 Å². The van der Waals surface area contributed by atoms with Crippen LogP contribution in [0.15, 0.2) is 18.2 Å². The van der Waals surface area contributed by atoms with Gasteiger partial charge in [-0.05, 0) is 44.9 Å². The van der Waals surface area contributed by atoms with Gasteiger partial charge in [0, 0.05) is 11.7 Å². The normalized spacial score (nSPS) is 15.9. The fraction of sp³-hybridized carbons (Fsp3) is 0.500. The zero-order chi connectivity index (χ0) is 13.2. The Balaban J connectivity index is 1.76. The van der Waals surface area contributed by atoms with Crippen molar-refractivity contribution < 1.29 is 0 Å². The van der Waals surface area contributed by atoms with Crippen molar-refractivity contribution in [1.29, 1.82) is 0 Å². The van der Waals surface area contributed by atoms with Crippen LogP contribution >= 0.6 is 0 Å². The number of aryl methyl sites for hydroxylation is 2. The third kappa shape index (κ3) is 2.59. The lowest BCUT2D eigenvalue weighted by atomic mass is 10.2. The van der Waals surface area contributed by atoms with Gasteiger partial charge in [-0.1, -0.05) is 12.8 Å². The molecule has 0 unspecified atom stereocenters. The van der Waals surface area contributed by atoms with Gasteiger partial charge in [0.25, 0.3) is 0 Å². The lowest BCUT2D eigenvalue weighted by molar-refractivity contribution is 0.738. The molecule has 0 spiro atoms. The van der Waals surface area contributed by atoms with Crippen LogP contribution in [0.2, 0.25) is 0 Å². The van der Waals surface area contributed by atoms with Crippen LogP contribution < -0.4 is 5.32 Å². The smallest absolute Gasteiger partial charge is 0.176 e. The molecular weight excluding hydrogens is 238 g/mol. The van der Waals surface area contributed by atoms with Gasteiger partial charge in [-0.15, -0.1) is 10.2 Å². The summed E-state index contributed by atoms with van der Waals surface area (Å²) in [5, 5.41) is 16.3. The van der Waals surface area contributed by atoms with Crippen molar-refractivity contribution in [3.8, 4) is 5.82 Å². The van der Waals surface area contributed by atoms with Crippen molar-refractivity contribution in [2.75, 3.05) is 5.32 Å². The van der Waals surface area contributed by atoms with E-state index in [1.807, 2.05) is 36.7 Å². The molecule has 5 heteroatoms. The van der Waals surface area contributed by atoms with E-state index in [1.165, 1.54) is 25.7 Å². The van der Waals surface area contributed by atoms with Gasteiger partial charge in [-0.3, -0.25) is 0 Å². The summed E-state index contributed by atoms with van der Waals surface area (Å²) in [4.78, 5) is 0. The number of aromatic nitrogens is 4. The summed E-state index contributed by atoms with van der Waals surface area (Å²) in [6.07, 6.45) is 5.10. The molecule has 1 fully saturated rings. The fourth-order valence-electron chi connectivity index (χ4n) is 2.66. The minimum Gasteiger partial charge on any atom is -0.366 e. The second-order valence-electron chi connectivity index (χ2n) is 5.24. The van der Waals surface area contributed by atoms with Gasteiger partial charge >= 0.3 is 0 Å². The Kier molecular flexibility index (Phi) is 3.19. The first-order chi connectivity index (χ1) is 9.22. The van der Waals surface area contributed by atoms with E-state index in [0.29, 0.717) is 6.04 Å². The molecule has 5 nitrogen and oxygen atoms in total. The minimum absolute atomic E-state index is 0.564. The zero-order valence-corrected chi connectivity index (χ0v) is 11.4. The maximum atomic E-state index is 4.41. The Morgan fingerprint density at radius 1 is 1.16 bits per heavy atom. The second-order valence-corrected chi connectivity index (χ2v) is 5.24. The maximum absolute atomic E-state index is 4.41. The third-order valence-electron chi connectivity index (χ3n) is 3.58. The second kappa shape index (κ2) is 4.99. The van der Waals surface area contributed by atoms with Crippen molar-refractivity contribution >= 4 is 5.82 Å². The predicted molar refractivity (Wildman–Crippen MR) is 74.5 cm³/mol. The van der Waals surface area contributed by atoms with Crippen LogP contribution in [0.5, 0.6) is 0 Å². The van der Waals surface area contributed by atoms with E-state index >= 15 is 0 Å². The molecule has 2 heterocycles. The Bertz CT molecular complexity index is 552. The molecule has 3 rings (SSSR count). The maximum Gasteiger partial charge on any atom is 0.176 e. The molecule has 0 aromatic carbocycles. The van der Waals surface area contributed by atoms with Crippen molar-refractivity contribution in [2.24, 2.45) is 0 Å². The standard InChI is InChI=1S/C14H19N5/c1-10-9-11(2)19(18-10)14-8-7-13(16-17-14)15-12-5-3-4-6-12/h7-9,12H,3-6H2,1-2H3,(H,15,16). The number of nitrogens with zero attached hydrogens (tertiary/aromatic N) is 4. The van der Waals surface area contributed by atoms with Crippen LogP contribution in [0.3, 0.4) is 0 Å². The molecule has 0 aliphatic heterocycles. The molecular formula is C14H19N5. The van der Waals surface area contributed by atoms with Gasteiger partial charge < -0.3 is 5.32 Å². The van der Waals surface area contributed by atoms with Crippen molar-refractivity contribution in [1.82, 2.24) is 20.0 Å². The molecule has 0 saturated heterocycles. The molecule has 1 aliphatic rings. The average Bonchev–Trinajstić information content (AvgIpc) is 3.00. The molecule has 1 N–H and O–H groups in total.